The van der Waals surface area contributed by atoms with Crippen molar-refractivity contribution in [3.63, 3.8) is 0 Å². The van der Waals surface area contributed by atoms with Crippen molar-refractivity contribution in [2.75, 3.05) is 12.3 Å². The van der Waals surface area contributed by atoms with Gasteiger partial charge in [0.2, 0.25) is 10.0 Å². The standard InChI is InChI=1S/C17H25N3O2S/c1-4-5-13-23(21,22)18-12-11-17-14(2)19-20(15(17)3)16-9-7-6-8-10-16/h6-10,18H,4-5,11-13H2,1-3H3. The van der Waals surface area contributed by atoms with Crippen molar-refractivity contribution in [3.8, 4) is 5.69 Å². The van der Waals surface area contributed by atoms with Crippen molar-refractivity contribution in [2.45, 2.75) is 40.0 Å². The quantitative estimate of drug-likeness (QED) is 0.807. The van der Waals surface area contributed by atoms with Crippen molar-refractivity contribution in [1.82, 2.24) is 14.5 Å². The molecule has 1 heterocycles. The maximum absolute atomic E-state index is 11.8. The van der Waals surface area contributed by atoms with Crippen LogP contribution in [0.4, 0.5) is 0 Å². The van der Waals surface area contributed by atoms with E-state index < -0.39 is 10.0 Å². The zero-order valence-electron chi connectivity index (χ0n) is 14.0. The molecular weight excluding hydrogens is 310 g/mol. The second-order valence-electron chi connectivity index (χ2n) is 5.71. The second kappa shape index (κ2) is 7.75. The molecule has 0 unspecified atom stereocenters. The molecule has 0 bridgehead atoms. The Morgan fingerprint density at radius 3 is 2.52 bits per heavy atom. The molecule has 126 valence electrons. The molecule has 0 atom stereocenters. The first-order valence-corrected chi connectivity index (χ1v) is 9.67. The summed E-state index contributed by atoms with van der Waals surface area (Å²) in [6.07, 6.45) is 2.22. The van der Waals surface area contributed by atoms with Gasteiger partial charge in [0.25, 0.3) is 0 Å². The van der Waals surface area contributed by atoms with Crippen LogP contribution in [-0.4, -0.2) is 30.5 Å². The molecule has 0 spiro atoms. The van der Waals surface area contributed by atoms with Crippen LogP contribution in [0.3, 0.4) is 0 Å². The van der Waals surface area contributed by atoms with Crippen LogP contribution in [-0.2, 0) is 16.4 Å². The lowest BCUT2D eigenvalue weighted by atomic mass is 10.1. The third kappa shape index (κ3) is 4.65. The van der Waals surface area contributed by atoms with E-state index in [1.165, 1.54) is 0 Å². The van der Waals surface area contributed by atoms with Crippen molar-refractivity contribution in [2.24, 2.45) is 0 Å². The van der Waals surface area contributed by atoms with Crippen molar-refractivity contribution >= 4 is 10.0 Å². The summed E-state index contributed by atoms with van der Waals surface area (Å²) >= 11 is 0. The van der Waals surface area contributed by atoms with Gasteiger partial charge < -0.3 is 0 Å². The van der Waals surface area contributed by atoms with Gasteiger partial charge in [0.15, 0.2) is 0 Å². The lowest BCUT2D eigenvalue weighted by Crippen LogP contribution is -2.28. The van der Waals surface area contributed by atoms with Gasteiger partial charge in [0.05, 0.1) is 17.1 Å². The highest BCUT2D eigenvalue weighted by atomic mass is 32.2. The van der Waals surface area contributed by atoms with Crippen LogP contribution in [0.25, 0.3) is 5.69 Å². The van der Waals surface area contributed by atoms with Crippen LogP contribution in [0.15, 0.2) is 30.3 Å². The predicted octanol–water partition coefficient (Wildman–Crippen LogP) is 2.75. The zero-order valence-corrected chi connectivity index (χ0v) is 14.9. The number of aromatic nitrogens is 2. The van der Waals surface area contributed by atoms with Gasteiger partial charge in [0.1, 0.15) is 0 Å². The highest BCUT2D eigenvalue weighted by Gasteiger charge is 2.14. The molecule has 0 amide bonds. The van der Waals surface area contributed by atoms with Crippen LogP contribution in [0.5, 0.6) is 0 Å². The molecule has 0 saturated carbocycles. The van der Waals surface area contributed by atoms with Gasteiger partial charge in [-0.3, -0.25) is 0 Å². The minimum Gasteiger partial charge on any atom is -0.238 e. The molecule has 1 aromatic carbocycles. The molecule has 0 radical (unpaired) electrons. The Kier molecular flexibility index (Phi) is 5.96. The molecular formula is C17H25N3O2S. The molecule has 0 aliphatic carbocycles. The summed E-state index contributed by atoms with van der Waals surface area (Å²) in [5.74, 6) is 0.199. The Morgan fingerprint density at radius 2 is 1.87 bits per heavy atom. The third-order valence-corrected chi connectivity index (χ3v) is 5.38. The van der Waals surface area contributed by atoms with Gasteiger partial charge in [-0.1, -0.05) is 31.5 Å². The van der Waals surface area contributed by atoms with Crippen LogP contribution >= 0.6 is 0 Å². The van der Waals surface area contributed by atoms with E-state index in [1.54, 1.807) is 0 Å². The van der Waals surface area contributed by atoms with Gasteiger partial charge >= 0.3 is 0 Å². The third-order valence-electron chi connectivity index (χ3n) is 3.91. The number of para-hydroxylation sites is 1. The number of rotatable bonds is 8. The van der Waals surface area contributed by atoms with Crippen LogP contribution in [0.2, 0.25) is 0 Å². The first-order chi connectivity index (χ1) is 10.9. The van der Waals surface area contributed by atoms with E-state index in [0.717, 1.165) is 29.1 Å². The highest BCUT2D eigenvalue weighted by Crippen LogP contribution is 2.18. The lowest BCUT2D eigenvalue weighted by molar-refractivity contribution is 0.578. The molecule has 0 saturated heterocycles. The zero-order chi connectivity index (χ0) is 16.9. The van der Waals surface area contributed by atoms with Crippen LogP contribution in [0.1, 0.15) is 36.7 Å². The first kappa shape index (κ1) is 17.7. The monoisotopic (exact) mass is 335 g/mol. The average Bonchev–Trinajstić information content (AvgIpc) is 2.82. The number of sulfonamides is 1. The van der Waals surface area contributed by atoms with E-state index in [2.05, 4.69) is 9.82 Å². The predicted molar refractivity (Wildman–Crippen MR) is 93.4 cm³/mol. The molecule has 2 rings (SSSR count). The summed E-state index contributed by atoms with van der Waals surface area (Å²) in [5, 5.41) is 4.58. The van der Waals surface area contributed by atoms with Gasteiger partial charge in [-0.05, 0) is 44.4 Å². The van der Waals surface area contributed by atoms with Crippen molar-refractivity contribution in [3.05, 3.63) is 47.3 Å². The Morgan fingerprint density at radius 1 is 1.17 bits per heavy atom. The van der Waals surface area contributed by atoms with Gasteiger partial charge in [0, 0.05) is 12.2 Å². The summed E-state index contributed by atoms with van der Waals surface area (Å²) in [5.41, 5.74) is 4.12. The van der Waals surface area contributed by atoms with Crippen LogP contribution < -0.4 is 4.72 Å². The van der Waals surface area contributed by atoms with E-state index in [1.807, 2.05) is 55.8 Å². The lowest BCUT2D eigenvalue weighted by Gasteiger charge is -2.07. The smallest absolute Gasteiger partial charge is 0.211 e. The summed E-state index contributed by atoms with van der Waals surface area (Å²) in [4.78, 5) is 0. The Bertz CT molecular complexity index is 737. The molecule has 2 aromatic rings. The fourth-order valence-electron chi connectivity index (χ4n) is 2.60. The van der Waals surface area contributed by atoms with E-state index >= 15 is 0 Å². The van der Waals surface area contributed by atoms with Gasteiger partial charge in [-0.25, -0.2) is 17.8 Å². The van der Waals surface area contributed by atoms with E-state index in [0.29, 0.717) is 19.4 Å². The summed E-state index contributed by atoms with van der Waals surface area (Å²) in [6.45, 7) is 6.38. The number of nitrogens with one attached hydrogen (secondary N) is 1. The largest absolute Gasteiger partial charge is 0.238 e. The normalized spacial score (nSPS) is 11.8. The highest BCUT2D eigenvalue weighted by molar-refractivity contribution is 7.89. The number of benzene rings is 1. The summed E-state index contributed by atoms with van der Waals surface area (Å²) < 4.78 is 28.3. The minimum atomic E-state index is -3.16. The van der Waals surface area contributed by atoms with E-state index in [-0.39, 0.29) is 5.75 Å². The number of aryl methyl sites for hydroxylation is 1. The maximum Gasteiger partial charge on any atom is 0.211 e. The summed E-state index contributed by atoms with van der Waals surface area (Å²) in [6, 6.07) is 9.95. The molecule has 0 aliphatic heterocycles. The molecule has 1 N–H and O–H groups in total. The number of unbranched alkanes of at least 4 members (excludes halogenated alkanes) is 1. The Balaban J connectivity index is 2.06. The molecule has 0 aliphatic rings. The first-order valence-electron chi connectivity index (χ1n) is 8.02. The number of hydrogen-bond donors (Lipinski definition) is 1. The fraction of sp³-hybridized carbons (Fsp3) is 0.471. The average molecular weight is 335 g/mol. The molecule has 23 heavy (non-hydrogen) atoms. The minimum absolute atomic E-state index is 0.199. The molecule has 0 fully saturated rings. The molecule has 5 nitrogen and oxygen atoms in total. The topological polar surface area (TPSA) is 64.0 Å². The van der Waals surface area contributed by atoms with Gasteiger partial charge in [-0.2, -0.15) is 5.10 Å². The SMILES string of the molecule is CCCCS(=O)(=O)NCCc1c(C)nn(-c2ccccc2)c1C. The van der Waals surface area contributed by atoms with Crippen molar-refractivity contribution in [1.29, 1.82) is 0 Å². The second-order valence-corrected chi connectivity index (χ2v) is 7.64. The molecule has 1 aromatic heterocycles. The fourth-order valence-corrected chi connectivity index (χ4v) is 3.82. The Hall–Kier alpha value is -1.66. The number of nitrogens with zero attached hydrogens (tertiary/aromatic N) is 2. The van der Waals surface area contributed by atoms with Gasteiger partial charge in [-0.15, -0.1) is 0 Å². The summed E-state index contributed by atoms with van der Waals surface area (Å²) in [7, 11) is -3.16. The van der Waals surface area contributed by atoms with E-state index in [4.69, 9.17) is 0 Å². The van der Waals surface area contributed by atoms with Crippen LogP contribution in [0, 0.1) is 13.8 Å². The van der Waals surface area contributed by atoms with E-state index in [9.17, 15) is 8.42 Å². The maximum atomic E-state index is 11.8. The Labute approximate surface area is 138 Å². The number of hydrogen-bond acceptors (Lipinski definition) is 3. The molecule has 6 heteroatoms. The van der Waals surface area contributed by atoms with Crippen molar-refractivity contribution < 1.29 is 8.42 Å².